The molecule has 52 heavy (non-hydrogen) atoms. The number of rotatable bonds is 5. The number of benzene rings is 8. The Morgan fingerprint density at radius 1 is 0.385 bits per heavy atom. The number of anilines is 3. The fourth-order valence-corrected chi connectivity index (χ4v) is 9.85. The topological polar surface area (TPSA) is 16.4 Å². The van der Waals surface area contributed by atoms with Crippen LogP contribution in [0.25, 0.3) is 53.2 Å². The van der Waals surface area contributed by atoms with E-state index in [1.807, 2.05) is 23.5 Å². The van der Waals surface area contributed by atoms with Gasteiger partial charge in [0.05, 0.1) is 5.41 Å². The van der Waals surface area contributed by atoms with Crippen molar-refractivity contribution in [1.29, 1.82) is 0 Å². The van der Waals surface area contributed by atoms with E-state index in [1.54, 1.807) is 0 Å². The van der Waals surface area contributed by atoms with E-state index in [1.165, 1.54) is 53.6 Å². The van der Waals surface area contributed by atoms with Crippen molar-refractivity contribution >= 4 is 70.5 Å². The third-order valence-corrected chi connectivity index (χ3v) is 12.1. The number of para-hydroxylation sites is 2. The van der Waals surface area contributed by atoms with Crippen molar-refractivity contribution in [2.45, 2.75) is 5.41 Å². The van der Waals surface area contributed by atoms with Gasteiger partial charge in [-0.1, -0.05) is 127 Å². The highest BCUT2D eigenvalue weighted by atomic mass is 32.1. The highest BCUT2D eigenvalue weighted by molar-refractivity contribution is 7.25. The Hall–Kier alpha value is -6.42. The first kappa shape index (κ1) is 29.3. The van der Waals surface area contributed by atoms with Gasteiger partial charge in [0, 0.05) is 54.1 Å². The molecule has 2 nitrogen and oxygen atoms in total. The quantitative estimate of drug-likeness (QED) is 0.180. The molecule has 244 valence electrons. The summed E-state index contributed by atoms with van der Waals surface area (Å²) < 4.78 is 8.88. The van der Waals surface area contributed by atoms with Crippen molar-refractivity contribution in [3.63, 3.8) is 0 Å². The molecule has 0 fully saturated rings. The molecular formula is C49H31NOS. The SMILES string of the molecule is c1ccc(N(c2ccc3c(c2)oc2ccccc23)c2ccc3c(c2)sc2ccc(C4(c5ccccc5)c5ccccc5-c5ccccc54)cc23)cc1. The minimum Gasteiger partial charge on any atom is -0.456 e. The summed E-state index contributed by atoms with van der Waals surface area (Å²) in [6, 6.07) is 68.5. The molecule has 0 spiro atoms. The zero-order valence-corrected chi connectivity index (χ0v) is 29.0. The molecule has 1 aliphatic carbocycles. The Kier molecular flexibility index (Phi) is 6.37. The Labute approximate surface area is 305 Å². The molecule has 10 aromatic rings. The van der Waals surface area contributed by atoms with E-state index in [4.69, 9.17) is 4.42 Å². The number of thiophene rings is 1. The maximum Gasteiger partial charge on any atom is 0.137 e. The molecule has 0 unspecified atom stereocenters. The lowest BCUT2D eigenvalue weighted by atomic mass is 9.67. The number of furan rings is 1. The lowest BCUT2D eigenvalue weighted by Crippen LogP contribution is -2.28. The molecule has 0 radical (unpaired) electrons. The highest BCUT2D eigenvalue weighted by Gasteiger charge is 2.45. The largest absolute Gasteiger partial charge is 0.456 e. The minimum absolute atomic E-state index is 0.420. The molecule has 11 rings (SSSR count). The van der Waals surface area contributed by atoms with E-state index in [0.717, 1.165) is 39.0 Å². The van der Waals surface area contributed by atoms with E-state index in [-0.39, 0.29) is 0 Å². The average molecular weight is 682 g/mol. The molecule has 0 saturated carbocycles. The van der Waals surface area contributed by atoms with E-state index in [9.17, 15) is 0 Å². The van der Waals surface area contributed by atoms with Crippen LogP contribution in [0.2, 0.25) is 0 Å². The van der Waals surface area contributed by atoms with Crippen LogP contribution in [-0.2, 0) is 5.41 Å². The van der Waals surface area contributed by atoms with Crippen LogP contribution in [0, 0.1) is 0 Å². The molecular weight excluding hydrogens is 651 g/mol. The van der Waals surface area contributed by atoms with Crippen LogP contribution in [0.3, 0.4) is 0 Å². The van der Waals surface area contributed by atoms with Gasteiger partial charge in [-0.15, -0.1) is 11.3 Å². The summed E-state index contributed by atoms with van der Waals surface area (Å²) in [5.41, 5.74) is 12.5. The Morgan fingerprint density at radius 3 is 1.77 bits per heavy atom. The molecule has 2 aromatic heterocycles. The van der Waals surface area contributed by atoms with Crippen molar-refractivity contribution < 1.29 is 4.42 Å². The third kappa shape index (κ3) is 4.17. The molecule has 0 amide bonds. The smallest absolute Gasteiger partial charge is 0.137 e. The second-order valence-corrected chi connectivity index (χ2v) is 14.7. The third-order valence-electron chi connectivity index (χ3n) is 10.9. The van der Waals surface area contributed by atoms with Gasteiger partial charge in [-0.2, -0.15) is 0 Å². The summed E-state index contributed by atoms with van der Waals surface area (Å²) in [6.45, 7) is 0. The van der Waals surface area contributed by atoms with Crippen molar-refractivity contribution in [1.82, 2.24) is 0 Å². The van der Waals surface area contributed by atoms with Gasteiger partial charge in [-0.3, -0.25) is 0 Å². The summed E-state index contributed by atoms with van der Waals surface area (Å²) in [7, 11) is 0. The van der Waals surface area contributed by atoms with E-state index in [0.29, 0.717) is 0 Å². The number of fused-ring (bicyclic) bond motifs is 9. The number of hydrogen-bond donors (Lipinski definition) is 0. The van der Waals surface area contributed by atoms with Gasteiger partial charge in [-0.25, -0.2) is 0 Å². The van der Waals surface area contributed by atoms with Gasteiger partial charge in [-0.05, 0) is 88.0 Å². The maximum absolute atomic E-state index is 6.34. The molecule has 2 heterocycles. The van der Waals surface area contributed by atoms with Crippen LogP contribution >= 0.6 is 11.3 Å². The molecule has 0 bridgehead atoms. The first-order valence-corrected chi connectivity index (χ1v) is 18.6. The van der Waals surface area contributed by atoms with E-state index in [2.05, 4.69) is 181 Å². The van der Waals surface area contributed by atoms with Crippen LogP contribution in [0.4, 0.5) is 17.1 Å². The standard InChI is InChI=1S/C49H31NOS/c1-3-13-32(14-4-1)49(43-20-10-7-17-37(43)38-18-8-11-21-44(38)49)33-23-28-47-42(29-33)41-27-25-36(31-48(41)52-47)50(34-15-5-2-6-16-34)35-24-26-40-39-19-9-12-22-45(39)51-46(40)30-35/h1-31H. The van der Waals surface area contributed by atoms with Gasteiger partial charge < -0.3 is 9.32 Å². The zero-order chi connectivity index (χ0) is 34.2. The summed E-state index contributed by atoms with van der Waals surface area (Å²) in [5, 5.41) is 4.83. The lowest BCUT2D eigenvalue weighted by Gasteiger charge is -2.34. The molecule has 1 aliphatic rings. The van der Waals surface area contributed by atoms with Crippen LogP contribution in [-0.4, -0.2) is 0 Å². The average Bonchev–Trinajstić information content (AvgIpc) is 3.86. The van der Waals surface area contributed by atoms with Gasteiger partial charge in [0.2, 0.25) is 0 Å². The second-order valence-electron chi connectivity index (χ2n) is 13.7. The summed E-state index contributed by atoms with van der Waals surface area (Å²) >= 11 is 1.86. The van der Waals surface area contributed by atoms with Gasteiger partial charge in [0.1, 0.15) is 11.2 Å². The Morgan fingerprint density at radius 2 is 1.00 bits per heavy atom. The first-order valence-electron chi connectivity index (χ1n) is 17.8. The molecule has 0 aliphatic heterocycles. The van der Waals surface area contributed by atoms with Crippen molar-refractivity contribution in [2.24, 2.45) is 0 Å². The predicted molar refractivity (Wildman–Crippen MR) is 219 cm³/mol. The van der Waals surface area contributed by atoms with Crippen molar-refractivity contribution in [3.8, 4) is 11.1 Å². The number of hydrogen-bond acceptors (Lipinski definition) is 3. The molecule has 0 saturated heterocycles. The van der Waals surface area contributed by atoms with Gasteiger partial charge in [0.15, 0.2) is 0 Å². The molecule has 3 heteroatoms. The Balaban J connectivity index is 1.10. The molecule has 0 atom stereocenters. The van der Waals surface area contributed by atoms with E-state index < -0.39 is 5.41 Å². The monoisotopic (exact) mass is 681 g/mol. The predicted octanol–water partition coefficient (Wildman–Crippen LogP) is 13.8. The van der Waals surface area contributed by atoms with Crippen LogP contribution in [0.1, 0.15) is 22.3 Å². The van der Waals surface area contributed by atoms with Gasteiger partial charge in [0.25, 0.3) is 0 Å². The summed E-state index contributed by atoms with van der Waals surface area (Å²) in [4.78, 5) is 2.33. The molecule has 8 aromatic carbocycles. The van der Waals surface area contributed by atoms with E-state index >= 15 is 0 Å². The zero-order valence-electron chi connectivity index (χ0n) is 28.2. The van der Waals surface area contributed by atoms with Crippen LogP contribution < -0.4 is 4.90 Å². The lowest BCUT2D eigenvalue weighted by molar-refractivity contribution is 0.669. The Bertz CT molecular complexity index is 2930. The fraction of sp³-hybridized carbons (Fsp3) is 0.0204. The molecule has 0 N–H and O–H groups in total. The fourth-order valence-electron chi connectivity index (χ4n) is 8.73. The second kappa shape index (κ2) is 11.3. The first-order chi connectivity index (χ1) is 25.8. The van der Waals surface area contributed by atoms with Crippen molar-refractivity contribution in [3.05, 3.63) is 210 Å². The van der Waals surface area contributed by atoms with Gasteiger partial charge >= 0.3 is 0 Å². The minimum atomic E-state index is -0.420. The summed E-state index contributed by atoms with van der Waals surface area (Å²) in [5.74, 6) is 0. The van der Waals surface area contributed by atoms with Crippen LogP contribution in [0.15, 0.2) is 192 Å². The summed E-state index contributed by atoms with van der Waals surface area (Å²) in [6.07, 6.45) is 0. The van der Waals surface area contributed by atoms with Crippen LogP contribution in [0.5, 0.6) is 0 Å². The highest BCUT2D eigenvalue weighted by Crippen LogP contribution is 2.56. The normalized spacial score (nSPS) is 13.2. The van der Waals surface area contributed by atoms with Crippen molar-refractivity contribution in [2.75, 3.05) is 4.90 Å². The maximum atomic E-state index is 6.34. The number of nitrogens with zero attached hydrogens (tertiary/aromatic N) is 1.